The largest absolute Gasteiger partial charge is 0.475 e. The lowest BCUT2D eigenvalue weighted by atomic mass is 9.98. The van der Waals surface area contributed by atoms with Crippen molar-refractivity contribution in [1.29, 1.82) is 5.26 Å². The minimum absolute atomic E-state index is 0.0300. The number of aliphatic hydroxyl groups is 1. The molecular weight excluding hydrogens is 996 g/mol. The highest BCUT2D eigenvalue weighted by Gasteiger charge is 2.42. The van der Waals surface area contributed by atoms with Crippen LogP contribution in [0.1, 0.15) is 104 Å². The van der Waals surface area contributed by atoms with Crippen molar-refractivity contribution in [1.82, 2.24) is 30.2 Å². The van der Waals surface area contributed by atoms with Crippen LogP contribution in [-0.2, 0) is 43.7 Å². The maximum absolute atomic E-state index is 14.0. The van der Waals surface area contributed by atoms with Crippen LogP contribution in [0.3, 0.4) is 0 Å². The quantitative estimate of drug-likeness (QED) is 0.0151. The van der Waals surface area contributed by atoms with Gasteiger partial charge in [0.2, 0.25) is 5.91 Å². The molecule has 0 spiro atoms. The highest BCUT2D eigenvalue weighted by atomic mass is 33.1. The topological polar surface area (TPSA) is 255 Å². The van der Waals surface area contributed by atoms with Gasteiger partial charge in [-0.3, -0.25) is 28.0 Å². The number of carbonyl (C=O) groups excluding carboxylic acids is 4. The summed E-state index contributed by atoms with van der Waals surface area (Å²) in [5, 5.41) is 27.9. The lowest BCUT2D eigenvalue weighted by Crippen LogP contribution is -2.25. The number of ether oxygens (including phenoxy) is 2. The first kappa shape index (κ1) is 54.9. The van der Waals surface area contributed by atoms with Gasteiger partial charge in [-0.25, -0.2) is 24.3 Å². The van der Waals surface area contributed by atoms with Gasteiger partial charge in [0.1, 0.15) is 12.9 Å². The average Bonchev–Trinajstić information content (AvgIpc) is 4.11. The first-order valence-electron chi connectivity index (χ1n) is 24.5. The van der Waals surface area contributed by atoms with Gasteiger partial charge in [0.25, 0.3) is 5.91 Å². The Bertz CT molecular complexity index is 2700. The summed E-state index contributed by atoms with van der Waals surface area (Å²) in [5.74, 6) is 0.107. The van der Waals surface area contributed by atoms with Crippen molar-refractivity contribution in [3.63, 3.8) is 0 Å². The summed E-state index contributed by atoms with van der Waals surface area (Å²) in [6, 6.07) is 24.7. The number of phosphoric ester groups is 1. The Balaban J connectivity index is 0.843. The predicted octanol–water partition coefficient (Wildman–Crippen LogP) is 8.90. The monoisotopic (exact) mass is 1060 g/mol. The molecule has 0 aliphatic heterocycles. The highest BCUT2D eigenvalue weighted by molar-refractivity contribution is 8.76. The molecule has 388 valence electrons. The number of hydrogen-bond donors (Lipinski definition) is 4. The Morgan fingerprint density at radius 1 is 0.849 bits per heavy atom. The number of aliphatic hydroxyl groups excluding tert-OH is 1. The van der Waals surface area contributed by atoms with Crippen LogP contribution in [0.2, 0.25) is 0 Å². The van der Waals surface area contributed by atoms with E-state index < -0.39 is 37.8 Å². The normalized spacial score (nSPS) is 16.8. The minimum atomic E-state index is -4.16. The Morgan fingerprint density at radius 3 is 2.27 bits per heavy atom. The second kappa shape index (κ2) is 28.0. The maximum Gasteiger partial charge on any atom is 0.475 e. The van der Waals surface area contributed by atoms with E-state index in [1.165, 1.54) is 6.33 Å². The first-order valence-corrected chi connectivity index (χ1v) is 28.4. The van der Waals surface area contributed by atoms with E-state index in [1.54, 1.807) is 52.2 Å². The number of imidazole rings is 1. The number of hydrogen-bond acceptors (Lipinski definition) is 17. The fourth-order valence-electron chi connectivity index (χ4n) is 8.56. The van der Waals surface area contributed by atoms with Crippen LogP contribution in [0.25, 0.3) is 22.3 Å². The fraction of sp³-hybridized carbons (Fsp3) is 0.451. The minimum Gasteiger partial charge on any atom is -0.466 e. The number of nitrogens with zero attached hydrogens (tertiary/aromatic N) is 5. The maximum atomic E-state index is 14.0. The molecule has 1 unspecified atom stereocenters. The summed E-state index contributed by atoms with van der Waals surface area (Å²) >= 11 is 0. The van der Waals surface area contributed by atoms with E-state index in [2.05, 4.69) is 55.2 Å². The van der Waals surface area contributed by atoms with Crippen molar-refractivity contribution in [3.05, 3.63) is 108 Å². The summed E-state index contributed by atoms with van der Waals surface area (Å²) in [6.45, 7) is 2.93. The molecule has 3 aromatic carbocycles. The molecule has 19 nitrogen and oxygen atoms in total. The van der Waals surface area contributed by atoms with Crippen molar-refractivity contribution in [2.45, 2.75) is 89.3 Å². The van der Waals surface area contributed by atoms with E-state index >= 15 is 0 Å². The molecule has 1 fully saturated rings. The third kappa shape index (κ3) is 15.6. The van der Waals surface area contributed by atoms with Gasteiger partial charge in [-0.1, -0.05) is 95.6 Å². The summed E-state index contributed by atoms with van der Waals surface area (Å²) < 4.78 is 44.0. The van der Waals surface area contributed by atoms with Gasteiger partial charge >= 0.3 is 19.9 Å². The molecule has 2 heterocycles. The summed E-state index contributed by atoms with van der Waals surface area (Å²) in [6.07, 6.45) is 5.52. The number of phosphoric acid groups is 1. The SMILES string of the molecule is CCCCNC(=O)CCC(=O)OCCCSSCCCOP(=O)(OCCC#N)O[C@@H]1C[C@H](n2cnc3c(NC(=O)c4ccc(CNC(=O)OCC5c6ccccc6-c6ccccc65)cc4)ncnc32)C[C@@H]1CO. The smallest absolute Gasteiger partial charge is 0.466 e. The van der Waals surface area contributed by atoms with Crippen molar-refractivity contribution in [2.75, 3.05) is 56.4 Å². The van der Waals surface area contributed by atoms with Gasteiger partial charge in [0.05, 0.1) is 51.2 Å². The van der Waals surface area contributed by atoms with Gasteiger partial charge in [0.15, 0.2) is 17.0 Å². The van der Waals surface area contributed by atoms with Gasteiger partial charge < -0.3 is 35.1 Å². The van der Waals surface area contributed by atoms with E-state index in [0.717, 1.165) is 46.4 Å². The highest BCUT2D eigenvalue weighted by Crippen LogP contribution is 2.55. The third-order valence-corrected chi connectivity index (χ3v) is 16.4. The second-order valence-electron chi connectivity index (χ2n) is 17.4. The second-order valence-corrected chi connectivity index (χ2v) is 21.7. The molecule has 4 atom stereocenters. The lowest BCUT2D eigenvalue weighted by Gasteiger charge is -2.24. The summed E-state index contributed by atoms with van der Waals surface area (Å²) in [4.78, 5) is 63.3. The Morgan fingerprint density at radius 2 is 1.56 bits per heavy atom. The molecule has 2 aliphatic carbocycles. The number of benzene rings is 3. The van der Waals surface area contributed by atoms with Crippen molar-refractivity contribution in [2.24, 2.45) is 5.92 Å². The van der Waals surface area contributed by atoms with Gasteiger partial charge in [0, 0.05) is 61.1 Å². The number of nitrogens with one attached hydrogen (secondary N) is 3. The van der Waals surface area contributed by atoms with Crippen LogP contribution in [0, 0.1) is 17.2 Å². The molecule has 0 saturated heterocycles. The standard InChI is InChI=1S/C51H61N8O11PS2/c1-2-3-22-53-45(61)19-20-46(62)66-23-9-26-72-73-27-10-25-69-71(65,68-24-8-21-52)70-44-29-38(28-37(44)31-60)59-34-57-47-48(55-33-56-49(47)59)58-50(63)36-17-15-35(16-18-36)30-54-51(64)67-32-43-41-13-6-4-11-39(41)40-12-5-7-14-42(40)43/h4-7,11-18,33-34,37-38,43-44,60H,2-3,8-10,19-20,22-32H2,1H3,(H,53,61)(H,54,64)(H,55,56,58,63)/t37-,38-,44-,71?/m1/s1. The molecular formula is C51H61N8O11PS2. The van der Waals surface area contributed by atoms with E-state index in [1.807, 2.05) is 41.8 Å². The predicted molar refractivity (Wildman–Crippen MR) is 277 cm³/mol. The molecule has 5 aromatic rings. The van der Waals surface area contributed by atoms with Crippen LogP contribution >= 0.6 is 29.4 Å². The zero-order chi connectivity index (χ0) is 51.4. The van der Waals surface area contributed by atoms with Crippen LogP contribution in [0.15, 0.2) is 85.5 Å². The van der Waals surface area contributed by atoms with Gasteiger partial charge in [-0.05, 0) is 72.1 Å². The molecule has 0 bridgehead atoms. The Hall–Kier alpha value is -5.85. The van der Waals surface area contributed by atoms with E-state index in [4.69, 9.17) is 28.3 Å². The molecule has 22 heteroatoms. The lowest BCUT2D eigenvalue weighted by molar-refractivity contribution is -0.145. The van der Waals surface area contributed by atoms with Crippen LogP contribution in [-0.4, -0.2) is 106 Å². The number of unbranched alkanes of at least 4 members (excludes halogenated alkanes) is 1. The van der Waals surface area contributed by atoms with Crippen molar-refractivity contribution >= 4 is 70.3 Å². The van der Waals surface area contributed by atoms with E-state index in [-0.39, 0.29) is 82.5 Å². The van der Waals surface area contributed by atoms with Crippen LogP contribution in [0.5, 0.6) is 0 Å². The molecule has 4 N–H and O–H groups in total. The Kier molecular flexibility index (Phi) is 21.1. The van der Waals surface area contributed by atoms with Crippen LogP contribution in [0.4, 0.5) is 10.6 Å². The Labute approximate surface area is 432 Å². The molecule has 3 amide bonds. The zero-order valence-corrected chi connectivity index (χ0v) is 43.2. The number of alkyl carbamates (subject to hydrolysis) is 1. The number of nitriles is 1. The molecule has 0 radical (unpaired) electrons. The van der Waals surface area contributed by atoms with Crippen LogP contribution < -0.4 is 16.0 Å². The summed E-state index contributed by atoms with van der Waals surface area (Å²) in [5.41, 5.74) is 6.44. The number of aromatic nitrogens is 4. The molecule has 7 rings (SSSR count). The summed E-state index contributed by atoms with van der Waals surface area (Å²) in [7, 11) is -0.969. The van der Waals surface area contributed by atoms with Gasteiger partial charge in [-0.2, -0.15) is 5.26 Å². The van der Waals surface area contributed by atoms with Gasteiger partial charge in [-0.15, -0.1) is 0 Å². The number of amides is 3. The van der Waals surface area contributed by atoms with Crippen molar-refractivity contribution in [3.8, 4) is 17.2 Å². The number of carbonyl (C=O) groups is 4. The van der Waals surface area contributed by atoms with Crippen molar-refractivity contribution < 1.29 is 51.9 Å². The molecule has 2 aliphatic rings. The first-order chi connectivity index (χ1) is 35.6. The number of fused-ring (bicyclic) bond motifs is 4. The third-order valence-electron chi connectivity index (χ3n) is 12.3. The molecule has 2 aromatic heterocycles. The number of rotatable bonds is 29. The number of esters is 1. The van der Waals surface area contributed by atoms with E-state index in [0.29, 0.717) is 54.7 Å². The molecule has 1 saturated carbocycles. The molecule has 73 heavy (non-hydrogen) atoms. The van der Waals surface area contributed by atoms with E-state index in [9.17, 15) is 28.8 Å². The average molecular weight is 1060 g/mol. The fourth-order valence-corrected chi connectivity index (χ4v) is 12.1. The number of anilines is 1. The zero-order valence-electron chi connectivity index (χ0n) is 40.6.